The molecule has 0 saturated heterocycles. The third-order valence-electron chi connectivity index (χ3n) is 2.87. The molecule has 0 aliphatic heterocycles. The zero-order chi connectivity index (χ0) is 10.4. The summed E-state index contributed by atoms with van der Waals surface area (Å²) in [7, 11) is 0. The number of nitrogens with one attached hydrogen (secondary N) is 1. The molecule has 0 unspecified atom stereocenters. The van der Waals surface area contributed by atoms with Crippen LogP contribution >= 0.6 is 0 Å². The highest BCUT2D eigenvalue weighted by molar-refractivity contribution is 5.76. The van der Waals surface area contributed by atoms with E-state index in [2.05, 4.69) is 4.90 Å². The van der Waals surface area contributed by atoms with Crippen LogP contribution in [0.25, 0.3) is 0 Å². The summed E-state index contributed by atoms with van der Waals surface area (Å²) < 4.78 is 0. The molecule has 0 heterocycles. The predicted molar refractivity (Wildman–Crippen MR) is 57.4 cm³/mol. The van der Waals surface area contributed by atoms with Crippen molar-refractivity contribution in [3.63, 3.8) is 0 Å². The SMILES string of the molecule is N=C(N)CCCN(CCO)C1CCC1. The standard InChI is InChI=1S/C10H21N3O/c11-10(12)5-2-6-13(7-8-14)9-3-1-4-9/h9,14H,1-8H2,(H3,11,12). The molecule has 0 amide bonds. The van der Waals surface area contributed by atoms with Gasteiger partial charge in [-0.15, -0.1) is 0 Å². The van der Waals surface area contributed by atoms with Crippen LogP contribution in [0, 0.1) is 5.41 Å². The van der Waals surface area contributed by atoms with Crippen LogP contribution in [-0.4, -0.2) is 41.6 Å². The lowest BCUT2D eigenvalue weighted by molar-refractivity contribution is 0.101. The quantitative estimate of drug-likeness (QED) is 0.414. The Morgan fingerprint density at radius 3 is 2.57 bits per heavy atom. The van der Waals surface area contributed by atoms with Crippen LogP contribution in [0.15, 0.2) is 0 Å². The molecule has 4 N–H and O–H groups in total. The van der Waals surface area contributed by atoms with Crippen LogP contribution in [0.3, 0.4) is 0 Å². The minimum absolute atomic E-state index is 0.233. The van der Waals surface area contributed by atoms with Gasteiger partial charge in [0.2, 0.25) is 0 Å². The molecule has 14 heavy (non-hydrogen) atoms. The molecule has 0 spiro atoms. The first kappa shape index (κ1) is 11.5. The number of aliphatic hydroxyl groups is 1. The zero-order valence-electron chi connectivity index (χ0n) is 8.71. The van der Waals surface area contributed by atoms with Crippen LogP contribution in [0.1, 0.15) is 32.1 Å². The lowest BCUT2D eigenvalue weighted by Gasteiger charge is -2.37. The lowest BCUT2D eigenvalue weighted by Crippen LogP contribution is -2.42. The second-order valence-electron chi connectivity index (χ2n) is 3.97. The number of hydrogen-bond donors (Lipinski definition) is 3. The van der Waals surface area contributed by atoms with Gasteiger partial charge in [-0.2, -0.15) is 0 Å². The number of amidine groups is 1. The molecule has 0 bridgehead atoms. The number of hydrogen-bond acceptors (Lipinski definition) is 3. The van der Waals surface area contributed by atoms with Gasteiger partial charge in [0.25, 0.3) is 0 Å². The Balaban J connectivity index is 2.17. The van der Waals surface area contributed by atoms with Crippen molar-refractivity contribution >= 4 is 5.84 Å². The molecule has 1 saturated carbocycles. The molecule has 82 valence electrons. The smallest absolute Gasteiger partial charge is 0.0905 e. The van der Waals surface area contributed by atoms with Crippen LogP contribution in [0.4, 0.5) is 0 Å². The van der Waals surface area contributed by atoms with Crippen molar-refractivity contribution in [3.8, 4) is 0 Å². The average Bonchev–Trinajstić information content (AvgIpc) is 2.00. The number of nitrogens with zero attached hydrogens (tertiary/aromatic N) is 1. The maximum Gasteiger partial charge on any atom is 0.0905 e. The van der Waals surface area contributed by atoms with Crippen LogP contribution in [0.2, 0.25) is 0 Å². The molecule has 4 heteroatoms. The molecule has 1 rings (SSSR count). The highest BCUT2D eigenvalue weighted by Gasteiger charge is 2.23. The third kappa shape index (κ3) is 3.64. The zero-order valence-corrected chi connectivity index (χ0v) is 8.71. The van der Waals surface area contributed by atoms with E-state index in [1.807, 2.05) is 0 Å². The van der Waals surface area contributed by atoms with E-state index in [4.69, 9.17) is 16.2 Å². The highest BCUT2D eigenvalue weighted by atomic mass is 16.3. The van der Waals surface area contributed by atoms with Gasteiger partial charge >= 0.3 is 0 Å². The Morgan fingerprint density at radius 1 is 1.43 bits per heavy atom. The maximum absolute atomic E-state index is 8.91. The van der Waals surface area contributed by atoms with Gasteiger partial charge in [0.05, 0.1) is 12.4 Å². The summed E-state index contributed by atoms with van der Waals surface area (Å²) in [5.74, 6) is 0.266. The summed E-state index contributed by atoms with van der Waals surface area (Å²) in [4.78, 5) is 2.33. The van der Waals surface area contributed by atoms with Gasteiger partial charge in [0.15, 0.2) is 0 Å². The monoisotopic (exact) mass is 199 g/mol. The Morgan fingerprint density at radius 2 is 2.14 bits per heavy atom. The summed E-state index contributed by atoms with van der Waals surface area (Å²) >= 11 is 0. The molecule has 1 fully saturated rings. The molecule has 4 nitrogen and oxygen atoms in total. The van der Waals surface area contributed by atoms with Crippen LogP contribution < -0.4 is 5.73 Å². The largest absolute Gasteiger partial charge is 0.395 e. The normalized spacial score (nSPS) is 17.0. The molecule has 0 aromatic heterocycles. The molecule has 1 aliphatic rings. The molecular weight excluding hydrogens is 178 g/mol. The first-order valence-corrected chi connectivity index (χ1v) is 5.42. The summed E-state index contributed by atoms with van der Waals surface area (Å²) in [6, 6.07) is 0.675. The Hall–Kier alpha value is -0.610. The van der Waals surface area contributed by atoms with Crippen molar-refractivity contribution in [1.29, 1.82) is 5.41 Å². The van der Waals surface area contributed by atoms with Gasteiger partial charge in [-0.05, 0) is 25.8 Å². The first-order chi connectivity index (χ1) is 6.74. The summed E-state index contributed by atoms with van der Waals surface area (Å²) in [6.07, 6.45) is 5.46. The minimum Gasteiger partial charge on any atom is -0.395 e. The van der Waals surface area contributed by atoms with E-state index in [-0.39, 0.29) is 12.4 Å². The number of nitrogens with two attached hydrogens (primary N) is 1. The summed E-state index contributed by atoms with van der Waals surface area (Å²) in [5, 5.41) is 16.0. The van der Waals surface area contributed by atoms with Crippen molar-refractivity contribution in [1.82, 2.24) is 4.90 Å². The van der Waals surface area contributed by atoms with E-state index < -0.39 is 0 Å². The topological polar surface area (TPSA) is 73.3 Å². The first-order valence-electron chi connectivity index (χ1n) is 5.42. The van der Waals surface area contributed by atoms with E-state index in [9.17, 15) is 0 Å². The molecule has 0 aromatic carbocycles. The number of aliphatic hydroxyl groups excluding tert-OH is 1. The van der Waals surface area contributed by atoms with E-state index in [1.54, 1.807) is 0 Å². The summed E-state index contributed by atoms with van der Waals surface area (Å²) in [6.45, 7) is 1.96. The molecule has 0 radical (unpaired) electrons. The maximum atomic E-state index is 8.91. The van der Waals surface area contributed by atoms with E-state index >= 15 is 0 Å². The van der Waals surface area contributed by atoms with Gasteiger partial charge in [0.1, 0.15) is 0 Å². The van der Waals surface area contributed by atoms with Gasteiger partial charge < -0.3 is 10.8 Å². The summed E-state index contributed by atoms with van der Waals surface area (Å²) in [5.41, 5.74) is 5.29. The fraction of sp³-hybridized carbons (Fsp3) is 0.900. The van der Waals surface area contributed by atoms with Gasteiger partial charge in [-0.3, -0.25) is 10.3 Å². The minimum atomic E-state index is 0.233. The fourth-order valence-corrected chi connectivity index (χ4v) is 1.83. The Labute approximate surface area is 85.6 Å². The molecular formula is C10H21N3O. The van der Waals surface area contributed by atoms with Crippen LogP contribution in [-0.2, 0) is 0 Å². The average molecular weight is 199 g/mol. The fourth-order valence-electron chi connectivity index (χ4n) is 1.83. The Bertz CT molecular complexity index is 180. The van der Waals surface area contributed by atoms with Crippen molar-refractivity contribution in [3.05, 3.63) is 0 Å². The van der Waals surface area contributed by atoms with Gasteiger partial charge in [-0.25, -0.2) is 0 Å². The van der Waals surface area contributed by atoms with Crippen LogP contribution in [0.5, 0.6) is 0 Å². The highest BCUT2D eigenvalue weighted by Crippen LogP contribution is 2.24. The van der Waals surface area contributed by atoms with Gasteiger partial charge in [-0.1, -0.05) is 6.42 Å². The van der Waals surface area contributed by atoms with E-state index in [0.29, 0.717) is 12.5 Å². The van der Waals surface area contributed by atoms with E-state index in [1.165, 1.54) is 19.3 Å². The molecule has 0 aromatic rings. The van der Waals surface area contributed by atoms with Gasteiger partial charge in [0, 0.05) is 19.0 Å². The molecule has 1 aliphatic carbocycles. The Kier molecular flexibility index (Phi) is 4.90. The second-order valence-corrected chi connectivity index (χ2v) is 3.97. The molecule has 0 atom stereocenters. The number of rotatable bonds is 7. The van der Waals surface area contributed by atoms with Crippen molar-refractivity contribution in [2.24, 2.45) is 5.73 Å². The van der Waals surface area contributed by atoms with Crippen molar-refractivity contribution in [2.45, 2.75) is 38.1 Å². The van der Waals surface area contributed by atoms with Crippen molar-refractivity contribution in [2.75, 3.05) is 19.7 Å². The third-order valence-corrected chi connectivity index (χ3v) is 2.87. The predicted octanol–water partition coefficient (Wildman–Crippen LogP) is 0.549. The lowest BCUT2D eigenvalue weighted by atomic mass is 9.91. The van der Waals surface area contributed by atoms with E-state index in [0.717, 1.165) is 19.5 Å². The second kappa shape index (κ2) is 5.98. The van der Waals surface area contributed by atoms with Crippen molar-refractivity contribution < 1.29 is 5.11 Å².